The third-order valence-corrected chi connectivity index (χ3v) is 6.37. The van der Waals surface area contributed by atoms with Crippen molar-refractivity contribution in [1.29, 1.82) is 0 Å². The summed E-state index contributed by atoms with van der Waals surface area (Å²) in [4.78, 5) is 39.4. The number of Topliss-reactive ketones (excluding diaryl/α,β-unsaturated/α-hetero) is 1. The van der Waals surface area contributed by atoms with Gasteiger partial charge in [-0.2, -0.15) is 0 Å². The highest BCUT2D eigenvalue weighted by Gasteiger charge is 2.47. The lowest BCUT2D eigenvalue weighted by Crippen LogP contribution is -2.43. The van der Waals surface area contributed by atoms with Gasteiger partial charge in [0.1, 0.15) is 5.92 Å². The minimum Gasteiger partial charge on any atom is -0.503 e. The van der Waals surface area contributed by atoms with Crippen LogP contribution in [-0.4, -0.2) is 43.2 Å². The molecule has 2 aliphatic rings. The molecule has 34 heavy (non-hydrogen) atoms. The van der Waals surface area contributed by atoms with E-state index in [1.165, 1.54) is 13.2 Å². The number of carbonyl (C=O) groups is 3. The molecule has 1 aliphatic carbocycles. The molecule has 0 saturated carbocycles. The van der Waals surface area contributed by atoms with Crippen LogP contribution < -0.4 is 10.1 Å². The van der Waals surface area contributed by atoms with Crippen LogP contribution in [0.4, 0.5) is 0 Å². The average molecular weight is 492 g/mol. The fraction of sp³-hybridized carbons (Fsp3) is 0.480. The molecule has 3 atom stereocenters. The molecule has 0 unspecified atom stereocenters. The Balaban J connectivity index is 2.24. The van der Waals surface area contributed by atoms with Crippen molar-refractivity contribution in [2.75, 3.05) is 20.3 Å². The number of ketones is 1. The van der Waals surface area contributed by atoms with E-state index in [1.807, 2.05) is 13.8 Å². The molecule has 1 aromatic rings. The van der Waals surface area contributed by atoms with Crippen molar-refractivity contribution in [2.45, 2.75) is 46.5 Å². The van der Waals surface area contributed by atoms with Gasteiger partial charge in [-0.15, -0.1) is 0 Å². The third kappa shape index (κ3) is 4.64. The van der Waals surface area contributed by atoms with Crippen molar-refractivity contribution >= 4 is 29.3 Å². The van der Waals surface area contributed by atoms with Gasteiger partial charge in [-0.3, -0.25) is 9.59 Å². The number of halogens is 1. The van der Waals surface area contributed by atoms with Gasteiger partial charge in [0.15, 0.2) is 17.3 Å². The molecule has 0 spiro atoms. The van der Waals surface area contributed by atoms with Gasteiger partial charge >= 0.3 is 11.9 Å². The summed E-state index contributed by atoms with van der Waals surface area (Å²) in [7, 11) is 1.24. The van der Waals surface area contributed by atoms with Gasteiger partial charge in [0.2, 0.25) is 0 Å². The molecule has 8 nitrogen and oxygen atoms in total. The van der Waals surface area contributed by atoms with Gasteiger partial charge in [-0.1, -0.05) is 25.4 Å². The average Bonchev–Trinajstić information content (AvgIpc) is 2.79. The highest BCUT2D eigenvalue weighted by Crippen LogP contribution is 2.48. The van der Waals surface area contributed by atoms with Gasteiger partial charge in [0.05, 0.1) is 30.9 Å². The molecule has 0 saturated heterocycles. The molecule has 1 heterocycles. The highest BCUT2D eigenvalue weighted by atomic mass is 35.5. The first-order valence-electron chi connectivity index (χ1n) is 11.3. The van der Waals surface area contributed by atoms with Crippen molar-refractivity contribution < 1.29 is 33.7 Å². The number of methoxy groups -OCH3 is 1. The molecule has 3 rings (SSSR count). The van der Waals surface area contributed by atoms with Gasteiger partial charge in [0, 0.05) is 22.9 Å². The summed E-state index contributed by atoms with van der Waals surface area (Å²) in [5.74, 6) is -3.89. The lowest BCUT2D eigenvalue weighted by molar-refractivity contribution is -0.151. The monoisotopic (exact) mass is 491 g/mol. The maximum Gasteiger partial charge on any atom is 0.336 e. The summed E-state index contributed by atoms with van der Waals surface area (Å²) in [6.45, 7) is 7.68. The molecule has 0 aromatic heterocycles. The quantitative estimate of drug-likeness (QED) is 0.434. The molecule has 1 aromatic carbocycles. The topological polar surface area (TPSA) is 111 Å². The van der Waals surface area contributed by atoms with Crippen LogP contribution in [0.15, 0.2) is 34.7 Å². The predicted molar refractivity (Wildman–Crippen MR) is 125 cm³/mol. The van der Waals surface area contributed by atoms with Crippen LogP contribution in [-0.2, 0) is 23.9 Å². The smallest absolute Gasteiger partial charge is 0.336 e. The Bertz CT molecular complexity index is 1080. The second kappa shape index (κ2) is 10.5. The van der Waals surface area contributed by atoms with E-state index in [1.54, 1.807) is 19.9 Å². The zero-order valence-electron chi connectivity index (χ0n) is 20.0. The van der Waals surface area contributed by atoms with Gasteiger partial charge in [0.25, 0.3) is 0 Å². The largest absolute Gasteiger partial charge is 0.503 e. The third-order valence-electron chi connectivity index (χ3n) is 6.08. The molecular formula is C25H30ClNO7. The van der Waals surface area contributed by atoms with Gasteiger partial charge < -0.3 is 24.6 Å². The second-order valence-corrected chi connectivity index (χ2v) is 8.86. The Morgan fingerprint density at radius 1 is 1.26 bits per heavy atom. The van der Waals surface area contributed by atoms with Crippen LogP contribution >= 0.6 is 11.6 Å². The summed E-state index contributed by atoms with van der Waals surface area (Å²) in [5.41, 5.74) is 2.17. The van der Waals surface area contributed by atoms with Gasteiger partial charge in [-0.05, 0) is 50.3 Å². The predicted octanol–water partition coefficient (Wildman–Crippen LogP) is 4.01. The number of hydrogen-bond acceptors (Lipinski definition) is 8. The van der Waals surface area contributed by atoms with Crippen molar-refractivity contribution in [3.05, 3.63) is 45.3 Å². The molecule has 9 heteroatoms. The first-order valence-corrected chi connectivity index (χ1v) is 11.7. The maximum atomic E-state index is 13.7. The van der Waals surface area contributed by atoms with Crippen molar-refractivity contribution in [3.63, 3.8) is 0 Å². The van der Waals surface area contributed by atoms with Crippen LogP contribution in [0.1, 0.15) is 52.0 Å². The van der Waals surface area contributed by atoms with Crippen LogP contribution in [0, 0.1) is 11.8 Å². The Morgan fingerprint density at radius 2 is 1.97 bits per heavy atom. The normalized spacial score (nSPS) is 22.2. The van der Waals surface area contributed by atoms with Crippen molar-refractivity contribution in [2.24, 2.45) is 11.8 Å². The Labute approximate surface area is 203 Å². The van der Waals surface area contributed by atoms with E-state index in [9.17, 15) is 19.5 Å². The standard InChI is InChI=1S/C25H30ClNO7/c1-6-8-34-25(31)19-13(4)27-16-9-12(3)18(24(30)32-5)23(29)21(16)20(19)14-10-15(26)22(28)17(11-14)33-7-2/h10-12,18,20,27-28H,6-9H2,1-5H3/t12-,18-,20-/m1/s1. The van der Waals surface area contributed by atoms with E-state index >= 15 is 0 Å². The lowest BCUT2D eigenvalue weighted by Gasteiger charge is -2.38. The van der Waals surface area contributed by atoms with E-state index in [0.29, 0.717) is 29.8 Å². The fourth-order valence-corrected chi connectivity index (χ4v) is 4.80. The zero-order chi connectivity index (χ0) is 25.2. The molecule has 0 fully saturated rings. The summed E-state index contributed by atoms with van der Waals surface area (Å²) >= 11 is 6.30. The zero-order valence-corrected chi connectivity index (χ0v) is 20.7. The fourth-order valence-electron chi connectivity index (χ4n) is 4.58. The molecular weight excluding hydrogens is 462 g/mol. The number of benzene rings is 1. The number of dihydropyridines is 1. The number of phenols is 1. The Kier molecular flexibility index (Phi) is 7.92. The minimum absolute atomic E-state index is 0.0155. The SMILES string of the molecule is CCCOC(=O)C1=C(C)NC2=C(C(=O)[C@H](C(=O)OC)[C@H](C)C2)[C@@H]1c1cc(Cl)c(O)c(OCC)c1. The molecule has 0 amide bonds. The maximum absolute atomic E-state index is 13.7. The summed E-state index contributed by atoms with van der Waals surface area (Å²) in [6, 6.07) is 3.06. The number of aromatic hydroxyl groups is 1. The number of esters is 2. The van der Waals surface area contributed by atoms with E-state index in [2.05, 4.69) is 5.32 Å². The number of rotatable bonds is 7. The second-order valence-electron chi connectivity index (χ2n) is 8.45. The van der Waals surface area contributed by atoms with Crippen molar-refractivity contribution in [3.8, 4) is 11.5 Å². The number of phenolic OH excluding ortho intramolecular Hbond substituents is 1. The molecule has 184 valence electrons. The number of nitrogens with one attached hydrogen (secondary N) is 1. The molecule has 0 radical (unpaired) electrons. The van der Waals surface area contributed by atoms with E-state index in [0.717, 1.165) is 0 Å². The first-order chi connectivity index (χ1) is 16.2. The highest BCUT2D eigenvalue weighted by molar-refractivity contribution is 6.32. The van der Waals surface area contributed by atoms with Crippen molar-refractivity contribution in [1.82, 2.24) is 5.32 Å². The van der Waals surface area contributed by atoms with Crippen LogP contribution in [0.2, 0.25) is 5.02 Å². The minimum atomic E-state index is -1.00. The summed E-state index contributed by atoms with van der Waals surface area (Å²) < 4.78 is 15.9. The number of hydrogen-bond donors (Lipinski definition) is 2. The van der Waals surface area contributed by atoms with Crippen LogP contribution in [0.3, 0.4) is 0 Å². The molecule has 2 N–H and O–H groups in total. The van der Waals surface area contributed by atoms with Crippen LogP contribution in [0.25, 0.3) is 0 Å². The summed E-state index contributed by atoms with van der Waals surface area (Å²) in [6.07, 6.45) is 1.04. The number of carbonyl (C=O) groups excluding carboxylic acids is 3. The number of ether oxygens (including phenoxy) is 3. The lowest BCUT2D eigenvalue weighted by atomic mass is 9.69. The molecule has 0 bridgehead atoms. The van der Waals surface area contributed by atoms with E-state index in [4.69, 9.17) is 25.8 Å². The van der Waals surface area contributed by atoms with Gasteiger partial charge in [-0.25, -0.2) is 4.79 Å². The molecule has 1 aliphatic heterocycles. The van der Waals surface area contributed by atoms with E-state index < -0.39 is 29.6 Å². The Morgan fingerprint density at radius 3 is 2.59 bits per heavy atom. The number of allylic oxidation sites excluding steroid dienone is 3. The van der Waals surface area contributed by atoms with E-state index in [-0.39, 0.29) is 46.8 Å². The Hall–Kier alpha value is -3.00. The van der Waals surface area contributed by atoms with Crippen LogP contribution in [0.5, 0.6) is 11.5 Å². The first kappa shape index (κ1) is 25.6. The summed E-state index contributed by atoms with van der Waals surface area (Å²) in [5, 5.41) is 13.6.